The maximum atomic E-state index is 12.9. The van der Waals surface area contributed by atoms with Gasteiger partial charge >= 0.3 is 17.9 Å². The summed E-state index contributed by atoms with van der Waals surface area (Å²) in [7, 11) is 0. The van der Waals surface area contributed by atoms with Crippen molar-refractivity contribution in [2.45, 2.75) is 419 Å². The first kappa shape index (κ1) is 76.1. The summed E-state index contributed by atoms with van der Waals surface area (Å²) in [5.41, 5.74) is 0. The SMILES string of the molecule is CCCCCCCC/C=C\CCCCCCCCCC(=O)OC(COC(=O)CCCCCCCCCCC)COC(=O)CCCCCCCCCCCCCCCCCCCCCCCCCCCCCCCCCCCC. The first-order chi connectivity index (χ1) is 38.5. The number of esters is 3. The van der Waals surface area contributed by atoms with Crippen molar-refractivity contribution in [2.75, 3.05) is 13.2 Å². The average Bonchev–Trinajstić information content (AvgIpc) is 3.44. The summed E-state index contributed by atoms with van der Waals surface area (Å²) in [5, 5.41) is 0. The Kier molecular flexibility index (Phi) is 66.0. The molecule has 0 fully saturated rings. The van der Waals surface area contributed by atoms with E-state index < -0.39 is 6.10 Å². The first-order valence-electron chi connectivity index (χ1n) is 35.7. The van der Waals surface area contributed by atoms with Crippen molar-refractivity contribution in [3.8, 4) is 0 Å². The topological polar surface area (TPSA) is 78.9 Å². The molecule has 0 heterocycles. The minimum atomic E-state index is -0.767. The minimum Gasteiger partial charge on any atom is -0.462 e. The van der Waals surface area contributed by atoms with E-state index in [1.807, 2.05) is 0 Å². The third kappa shape index (κ3) is 65.0. The van der Waals surface area contributed by atoms with Crippen LogP contribution >= 0.6 is 0 Å². The van der Waals surface area contributed by atoms with Crippen LogP contribution in [0.4, 0.5) is 0 Å². The number of rotatable bonds is 67. The quantitative estimate of drug-likeness (QED) is 0.0261. The second kappa shape index (κ2) is 67.7. The molecule has 0 amide bonds. The zero-order valence-corrected chi connectivity index (χ0v) is 53.2. The molecule has 0 aromatic rings. The number of carbonyl (C=O) groups is 3. The van der Waals surface area contributed by atoms with Gasteiger partial charge in [-0.15, -0.1) is 0 Å². The lowest BCUT2D eigenvalue weighted by atomic mass is 10.0. The third-order valence-electron chi connectivity index (χ3n) is 16.5. The second-order valence-corrected chi connectivity index (χ2v) is 24.5. The highest BCUT2D eigenvalue weighted by molar-refractivity contribution is 5.71. The summed E-state index contributed by atoms with van der Waals surface area (Å²) >= 11 is 0. The number of hydrogen-bond acceptors (Lipinski definition) is 6. The van der Waals surface area contributed by atoms with Gasteiger partial charge in [0.15, 0.2) is 6.10 Å². The maximum absolute atomic E-state index is 12.9. The fraction of sp³-hybridized carbons (Fsp3) is 0.931. The molecule has 0 N–H and O–H groups in total. The molecular weight excluding hydrogens is 961 g/mol. The van der Waals surface area contributed by atoms with E-state index >= 15 is 0 Å². The van der Waals surface area contributed by atoms with Crippen LogP contribution in [0.25, 0.3) is 0 Å². The van der Waals surface area contributed by atoms with Gasteiger partial charge in [0.25, 0.3) is 0 Å². The highest BCUT2D eigenvalue weighted by Crippen LogP contribution is 2.19. The van der Waals surface area contributed by atoms with Crippen LogP contribution in [0.2, 0.25) is 0 Å². The van der Waals surface area contributed by atoms with Gasteiger partial charge in [-0.2, -0.15) is 0 Å². The number of allylic oxidation sites excluding steroid dienone is 2. The van der Waals surface area contributed by atoms with Gasteiger partial charge in [0.05, 0.1) is 0 Å². The molecule has 0 aliphatic heterocycles. The fourth-order valence-corrected chi connectivity index (χ4v) is 11.2. The Morgan fingerprint density at radius 1 is 0.244 bits per heavy atom. The first-order valence-corrected chi connectivity index (χ1v) is 35.7. The number of unbranched alkanes of at least 4 members (excludes halogenated alkanes) is 54. The van der Waals surface area contributed by atoms with Crippen LogP contribution in [0.1, 0.15) is 412 Å². The van der Waals surface area contributed by atoms with E-state index in [1.54, 1.807) is 0 Å². The Morgan fingerprint density at radius 3 is 0.641 bits per heavy atom. The highest BCUT2D eigenvalue weighted by Gasteiger charge is 2.19. The Bertz CT molecular complexity index is 1210. The van der Waals surface area contributed by atoms with Gasteiger partial charge in [0.1, 0.15) is 13.2 Å². The van der Waals surface area contributed by atoms with Crippen LogP contribution in [-0.4, -0.2) is 37.2 Å². The van der Waals surface area contributed by atoms with Gasteiger partial charge in [-0.1, -0.05) is 360 Å². The lowest BCUT2D eigenvalue weighted by Gasteiger charge is -2.18. The monoisotopic (exact) mass is 1100 g/mol. The Morgan fingerprint density at radius 2 is 0.423 bits per heavy atom. The molecule has 462 valence electrons. The molecule has 0 spiro atoms. The van der Waals surface area contributed by atoms with E-state index in [-0.39, 0.29) is 31.1 Å². The molecule has 0 aromatic heterocycles. The predicted molar refractivity (Wildman–Crippen MR) is 340 cm³/mol. The van der Waals surface area contributed by atoms with Crippen molar-refractivity contribution in [1.29, 1.82) is 0 Å². The van der Waals surface area contributed by atoms with Crippen molar-refractivity contribution in [2.24, 2.45) is 0 Å². The molecule has 78 heavy (non-hydrogen) atoms. The van der Waals surface area contributed by atoms with Gasteiger partial charge in [-0.3, -0.25) is 14.4 Å². The summed E-state index contributed by atoms with van der Waals surface area (Å²) in [6, 6.07) is 0. The fourth-order valence-electron chi connectivity index (χ4n) is 11.2. The Balaban J connectivity index is 3.97. The van der Waals surface area contributed by atoms with Crippen molar-refractivity contribution < 1.29 is 28.6 Å². The molecule has 0 aromatic carbocycles. The van der Waals surface area contributed by atoms with Crippen molar-refractivity contribution in [3.05, 3.63) is 12.2 Å². The van der Waals surface area contributed by atoms with Gasteiger partial charge in [-0.05, 0) is 44.9 Å². The maximum Gasteiger partial charge on any atom is 0.306 e. The van der Waals surface area contributed by atoms with E-state index in [4.69, 9.17) is 14.2 Å². The number of ether oxygens (including phenoxy) is 3. The Labute approximate surface area is 488 Å². The molecule has 1 unspecified atom stereocenters. The third-order valence-corrected chi connectivity index (χ3v) is 16.5. The van der Waals surface area contributed by atoms with Crippen LogP contribution < -0.4 is 0 Å². The zero-order chi connectivity index (χ0) is 56.4. The average molecular weight is 1100 g/mol. The lowest BCUT2D eigenvalue weighted by molar-refractivity contribution is -0.167. The predicted octanol–water partition coefficient (Wildman–Crippen LogP) is 24.4. The highest BCUT2D eigenvalue weighted by atomic mass is 16.6. The summed E-state index contributed by atoms with van der Waals surface area (Å²) in [6.07, 6.45) is 81.4. The lowest BCUT2D eigenvalue weighted by Crippen LogP contribution is -2.30. The molecule has 0 aliphatic rings. The van der Waals surface area contributed by atoms with Gasteiger partial charge < -0.3 is 14.2 Å². The molecular formula is C72H138O6. The van der Waals surface area contributed by atoms with E-state index in [0.717, 1.165) is 57.8 Å². The zero-order valence-electron chi connectivity index (χ0n) is 53.2. The van der Waals surface area contributed by atoms with Crippen LogP contribution in [0.15, 0.2) is 12.2 Å². The summed E-state index contributed by atoms with van der Waals surface area (Å²) in [4.78, 5) is 38.2. The van der Waals surface area contributed by atoms with Crippen molar-refractivity contribution >= 4 is 17.9 Å². The van der Waals surface area contributed by atoms with Crippen LogP contribution in [0, 0.1) is 0 Å². The summed E-state index contributed by atoms with van der Waals surface area (Å²) < 4.78 is 16.9. The normalized spacial score (nSPS) is 12.0. The standard InChI is InChI=1S/C72H138O6/c1-4-7-10-13-16-19-21-23-25-27-28-29-30-31-32-33-34-35-36-37-38-39-40-41-42-43-45-46-48-50-53-56-59-62-65-71(74)77-68-69(67-76-70(73)64-61-58-55-52-18-15-12-9-6-3)78-72(75)66-63-60-57-54-51-49-47-44-26-24-22-20-17-14-11-8-5-2/h24,26,69H,4-23,25,27-68H2,1-3H3/b26-24-. The van der Waals surface area contributed by atoms with E-state index in [0.29, 0.717) is 19.3 Å². The van der Waals surface area contributed by atoms with Gasteiger partial charge in [-0.25, -0.2) is 0 Å². The molecule has 0 saturated carbocycles. The van der Waals surface area contributed by atoms with Crippen LogP contribution in [-0.2, 0) is 28.6 Å². The number of hydrogen-bond donors (Lipinski definition) is 0. The molecule has 1 atom stereocenters. The minimum absolute atomic E-state index is 0.0657. The molecule has 6 heteroatoms. The van der Waals surface area contributed by atoms with Crippen molar-refractivity contribution in [1.82, 2.24) is 0 Å². The van der Waals surface area contributed by atoms with Crippen molar-refractivity contribution in [3.63, 3.8) is 0 Å². The van der Waals surface area contributed by atoms with Gasteiger partial charge in [0.2, 0.25) is 0 Å². The molecule has 0 radical (unpaired) electrons. The molecule has 0 rings (SSSR count). The van der Waals surface area contributed by atoms with E-state index in [9.17, 15) is 14.4 Å². The summed E-state index contributed by atoms with van der Waals surface area (Å²) in [5.74, 6) is -0.844. The molecule has 0 aliphatic carbocycles. The largest absolute Gasteiger partial charge is 0.462 e. The molecule has 0 saturated heterocycles. The van der Waals surface area contributed by atoms with Crippen LogP contribution in [0.5, 0.6) is 0 Å². The number of carbonyl (C=O) groups excluding carboxylic acids is 3. The molecule has 0 bridgehead atoms. The van der Waals surface area contributed by atoms with E-state index in [1.165, 1.54) is 315 Å². The molecule has 6 nitrogen and oxygen atoms in total. The van der Waals surface area contributed by atoms with Gasteiger partial charge in [0, 0.05) is 19.3 Å². The van der Waals surface area contributed by atoms with Crippen LogP contribution in [0.3, 0.4) is 0 Å². The Hall–Kier alpha value is -1.85. The second-order valence-electron chi connectivity index (χ2n) is 24.5. The smallest absolute Gasteiger partial charge is 0.306 e. The van der Waals surface area contributed by atoms with E-state index in [2.05, 4.69) is 32.9 Å². The summed E-state index contributed by atoms with van der Waals surface area (Å²) in [6.45, 7) is 6.69.